The Morgan fingerprint density at radius 1 is 0.317 bits per heavy atom. The van der Waals surface area contributed by atoms with Crippen molar-refractivity contribution in [1.29, 1.82) is 5.26 Å². The number of benzene rings is 9. The Kier molecular flexibility index (Phi) is 9.50. The van der Waals surface area contributed by atoms with Gasteiger partial charge in [-0.2, -0.15) is 5.26 Å². The van der Waals surface area contributed by atoms with Crippen molar-refractivity contribution >= 4 is 21.9 Å². The third-order valence-electron chi connectivity index (χ3n) is 11.6. The van der Waals surface area contributed by atoms with E-state index in [4.69, 9.17) is 19.4 Å². The van der Waals surface area contributed by atoms with Gasteiger partial charge in [0.05, 0.1) is 11.6 Å². The zero-order chi connectivity index (χ0) is 42.1. The van der Waals surface area contributed by atoms with Crippen LogP contribution in [0.25, 0.3) is 112 Å². The van der Waals surface area contributed by atoms with E-state index < -0.39 is 0 Å². The Bertz CT molecular complexity index is 3500. The first-order valence-corrected chi connectivity index (χ1v) is 20.9. The number of hydrogen-bond acceptors (Lipinski definition) is 5. The average Bonchev–Trinajstić information content (AvgIpc) is 3.75. The van der Waals surface area contributed by atoms with Crippen LogP contribution < -0.4 is 0 Å². The molecule has 0 aliphatic heterocycles. The molecule has 63 heavy (non-hydrogen) atoms. The molecule has 0 saturated heterocycles. The minimum atomic E-state index is 0.533. The van der Waals surface area contributed by atoms with Gasteiger partial charge in [-0.1, -0.05) is 176 Å². The molecule has 0 spiro atoms. The van der Waals surface area contributed by atoms with Gasteiger partial charge in [-0.3, -0.25) is 0 Å². The zero-order valence-electron chi connectivity index (χ0n) is 34.0. The summed E-state index contributed by atoms with van der Waals surface area (Å²) in [5.41, 5.74) is 15.8. The number of furan rings is 1. The molecule has 0 unspecified atom stereocenters. The van der Waals surface area contributed by atoms with E-state index in [0.29, 0.717) is 23.0 Å². The first kappa shape index (κ1) is 37.3. The smallest absolute Gasteiger partial charge is 0.164 e. The maximum absolute atomic E-state index is 9.59. The van der Waals surface area contributed by atoms with E-state index in [9.17, 15) is 5.26 Å². The van der Waals surface area contributed by atoms with Crippen molar-refractivity contribution in [3.8, 4) is 95.9 Å². The number of fused-ring (bicyclic) bond motifs is 3. The SMILES string of the molecule is N#Cc1cccc(-c2cccc(-c3nc(-c4ccc(-c5cccc(-c6ccccc6)c5)cc4)nc(-c4ccc5c(c4)oc4cccc(-c6ccc(-c7ccccc7)cc6)c45)n3)c2)c1. The van der Waals surface area contributed by atoms with Crippen molar-refractivity contribution in [3.63, 3.8) is 0 Å². The first-order chi connectivity index (χ1) is 31.1. The molecule has 2 heterocycles. The number of hydrogen-bond donors (Lipinski definition) is 0. The highest BCUT2D eigenvalue weighted by molar-refractivity contribution is 6.13. The highest BCUT2D eigenvalue weighted by Crippen LogP contribution is 2.39. The van der Waals surface area contributed by atoms with E-state index in [1.165, 1.54) is 22.3 Å². The predicted octanol–water partition coefficient (Wildman–Crippen LogP) is 15.0. The second kappa shape index (κ2) is 16.0. The summed E-state index contributed by atoms with van der Waals surface area (Å²) in [6.07, 6.45) is 0. The first-order valence-electron chi connectivity index (χ1n) is 20.9. The molecule has 2 aromatic heterocycles. The lowest BCUT2D eigenvalue weighted by Crippen LogP contribution is -2.00. The Morgan fingerprint density at radius 2 is 0.746 bits per heavy atom. The van der Waals surface area contributed by atoms with Crippen molar-refractivity contribution in [3.05, 3.63) is 224 Å². The molecule has 11 rings (SSSR count). The van der Waals surface area contributed by atoms with Crippen LogP contribution in [0.1, 0.15) is 5.56 Å². The van der Waals surface area contributed by atoms with Gasteiger partial charge in [0.25, 0.3) is 0 Å². The van der Waals surface area contributed by atoms with Gasteiger partial charge in [-0.05, 0) is 98.1 Å². The highest BCUT2D eigenvalue weighted by atomic mass is 16.3. The van der Waals surface area contributed by atoms with Crippen molar-refractivity contribution in [2.24, 2.45) is 0 Å². The van der Waals surface area contributed by atoms with Gasteiger partial charge in [0.1, 0.15) is 11.2 Å². The molecule has 0 N–H and O–H groups in total. The molecule has 0 atom stereocenters. The standard InChI is InChI=1S/C58H36N4O/c59-37-38-11-7-16-45(33-38)48-19-9-20-49(35-48)57-60-56(44-29-25-42(26-30-44)47-18-8-17-46(34-47)40-14-5-2-6-15-40)61-58(62-57)50-31-32-52-54(36-50)63-53-22-10-21-51(55(52)53)43-27-23-41(24-28-43)39-12-3-1-4-13-39/h1-36H. The second-order valence-electron chi connectivity index (χ2n) is 15.5. The molecule has 0 radical (unpaired) electrons. The Balaban J connectivity index is 0.997. The molecule has 0 aliphatic carbocycles. The van der Waals surface area contributed by atoms with Crippen LogP contribution in [0.2, 0.25) is 0 Å². The molecule has 0 amide bonds. The molecule has 0 saturated carbocycles. The predicted molar refractivity (Wildman–Crippen MR) is 255 cm³/mol. The van der Waals surface area contributed by atoms with Gasteiger partial charge in [0, 0.05) is 27.5 Å². The summed E-state index contributed by atoms with van der Waals surface area (Å²) in [4.78, 5) is 15.3. The van der Waals surface area contributed by atoms with Gasteiger partial charge in [-0.25, -0.2) is 15.0 Å². The third-order valence-corrected chi connectivity index (χ3v) is 11.6. The fourth-order valence-electron chi connectivity index (χ4n) is 8.37. The summed E-state index contributed by atoms with van der Waals surface area (Å²) in [5, 5.41) is 11.7. The number of nitriles is 1. The van der Waals surface area contributed by atoms with Crippen LogP contribution in [0.4, 0.5) is 0 Å². The summed E-state index contributed by atoms with van der Waals surface area (Å²) in [6, 6.07) is 77.0. The lowest BCUT2D eigenvalue weighted by atomic mass is 9.96. The lowest BCUT2D eigenvalue weighted by molar-refractivity contribution is 0.669. The van der Waals surface area contributed by atoms with E-state index in [2.05, 4.69) is 152 Å². The molecule has 0 bridgehead atoms. The molecule has 11 aromatic rings. The lowest BCUT2D eigenvalue weighted by Gasteiger charge is -2.11. The van der Waals surface area contributed by atoms with Crippen molar-refractivity contribution in [1.82, 2.24) is 15.0 Å². The van der Waals surface area contributed by atoms with Crippen molar-refractivity contribution in [2.45, 2.75) is 0 Å². The van der Waals surface area contributed by atoms with Crippen LogP contribution in [0.15, 0.2) is 223 Å². The molecule has 5 heteroatoms. The van der Waals surface area contributed by atoms with Gasteiger partial charge < -0.3 is 4.42 Å². The normalized spacial score (nSPS) is 11.2. The Morgan fingerprint density at radius 3 is 1.40 bits per heavy atom. The van der Waals surface area contributed by atoms with Gasteiger partial charge in [-0.15, -0.1) is 0 Å². The number of nitrogens with zero attached hydrogens (tertiary/aromatic N) is 4. The minimum Gasteiger partial charge on any atom is -0.456 e. The molecule has 0 aliphatic rings. The van der Waals surface area contributed by atoms with Crippen LogP contribution in [0.3, 0.4) is 0 Å². The second-order valence-corrected chi connectivity index (χ2v) is 15.5. The van der Waals surface area contributed by atoms with Crippen LogP contribution in [-0.4, -0.2) is 15.0 Å². The summed E-state index contributed by atoms with van der Waals surface area (Å²) in [6.45, 7) is 0. The molecular weight excluding hydrogens is 769 g/mol. The summed E-state index contributed by atoms with van der Waals surface area (Å²) in [7, 11) is 0. The summed E-state index contributed by atoms with van der Waals surface area (Å²) >= 11 is 0. The van der Waals surface area contributed by atoms with E-state index in [1.54, 1.807) is 0 Å². The maximum Gasteiger partial charge on any atom is 0.164 e. The Hall–Kier alpha value is -8.72. The Labute approximate surface area is 364 Å². The van der Waals surface area contributed by atoms with Crippen molar-refractivity contribution < 1.29 is 4.42 Å². The molecule has 0 fully saturated rings. The number of aromatic nitrogens is 3. The monoisotopic (exact) mass is 804 g/mol. The fourth-order valence-corrected chi connectivity index (χ4v) is 8.37. The zero-order valence-corrected chi connectivity index (χ0v) is 34.0. The van der Waals surface area contributed by atoms with Crippen LogP contribution in [-0.2, 0) is 0 Å². The van der Waals surface area contributed by atoms with E-state index in [-0.39, 0.29) is 0 Å². The quantitative estimate of drug-likeness (QED) is 0.153. The average molecular weight is 805 g/mol. The number of rotatable bonds is 8. The summed E-state index contributed by atoms with van der Waals surface area (Å²) in [5.74, 6) is 1.63. The summed E-state index contributed by atoms with van der Waals surface area (Å²) < 4.78 is 6.58. The van der Waals surface area contributed by atoms with Gasteiger partial charge >= 0.3 is 0 Å². The van der Waals surface area contributed by atoms with Crippen molar-refractivity contribution in [2.75, 3.05) is 0 Å². The molecule has 294 valence electrons. The van der Waals surface area contributed by atoms with Crippen LogP contribution >= 0.6 is 0 Å². The third kappa shape index (κ3) is 7.33. The molecule has 5 nitrogen and oxygen atoms in total. The van der Waals surface area contributed by atoms with Gasteiger partial charge in [0.15, 0.2) is 17.5 Å². The minimum absolute atomic E-state index is 0.533. The van der Waals surface area contributed by atoms with E-state index in [1.807, 2.05) is 72.8 Å². The maximum atomic E-state index is 9.59. The van der Waals surface area contributed by atoms with Crippen LogP contribution in [0, 0.1) is 11.3 Å². The van der Waals surface area contributed by atoms with E-state index in [0.717, 1.165) is 72.0 Å². The molecular formula is C58H36N4O. The largest absolute Gasteiger partial charge is 0.456 e. The topological polar surface area (TPSA) is 75.6 Å². The highest BCUT2D eigenvalue weighted by Gasteiger charge is 2.18. The van der Waals surface area contributed by atoms with E-state index >= 15 is 0 Å². The molecule has 9 aromatic carbocycles. The fraction of sp³-hybridized carbons (Fsp3) is 0. The van der Waals surface area contributed by atoms with Crippen LogP contribution in [0.5, 0.6) is 0 Å². The van der Waals surface area contributed by atoms with Gasteiger partial charge in [0.2, 0.25) is 0 Å².